The van der Waals surface area contributed by atoms with Gasteiger partial charge in [0.25, 0.3) is 0 Å². The second-order valence-electron chi connectivity index (χ2n) is 6.87. The van der Waals surface area contributed by atoms with Gasteiger partial charge in [0.2, 0.25) is 5.91 Å². The lowest BCUT2D eigenvalue weighted by Gasteiger charge is -2.22. The van der Waals surface area contributed by atoms with Crippen molar-refractivity contribution in [1.29, 1.82) is 0 Å². The lowest BCUT2D eigenvalue weighted by Crippen LogP contribution is -2.37. The fourth-order valence-corrected chi connectivity index (χ4v) is 2.56. The van der Waals surface area contributed by atoms with Crippen molar-refractivity contribution in [3.05, 3.63) is 18.2 Å². The number of carbonyl (C=O) groups excluding carboxylic acids is 1. The molecule has 1 aromatic rings. The largest absolute Gasteiger partial charge is 0.341 e. The van der Waals surface area contributed by atoms with Gasteiger partial charge in [0.1, 0.15) is 12.4 Å². The quantitative estimate of drug-likeness (QED) is 0.925. The molecule has 1 aromatic heterocycles. The number of carbonyl (C=O) groups is 1. The summed E-state index contributed by atoms with van der Waals surface area (Å²) in [5.74, 6) is 1.14. The molecular formula is C16H28N4O. The third-order valence-electron chi connectivity index (χ3n) is 3.84. The van der Waals surface area contributed by atoms with Crippen LogP contribution in [0.3, 0.4) is 0 Å². The average molecular weight is 292 g/mol. The van der Waals surface area contributed by atoms with Gasteiger partial charge >= 0.3 is 0 Å². The topological polar surface area (TPSA) is 50.2 Å². The Bertz CT molecular complexity index is 453. The van der Waals surface area contributed by atoms with Crippen LogP contribution in [-0.4, -0.2) is 39.0 Å². The maximum atomic E-state index is 12.4. The van der Waals surface area contributed by atoms with Crippen molar-refractivity contribution in [2.24, 2.45) is 0 Å². The van der Waals surface area contributed by atoms with Crippen LogP contribution in [0.4, 0.5) is 0 Å². The van der Waals surface area contributed by atoms with Crippen molar-refractivity contribution >= 4 is 5.91 Å². The van der Waals surface area contributed by atoms with E-state index in [4.69, 9.17) is 0 Å². The molecular weight excluding hydrogens is 264 g/mol. The van der Waals surface area contributed by atoms with E-state index in [1.165, 1.54) is 12.8 Å². The summed E-state index contributed by atoms with van der Waals surface area (Å²) in [6.45, 7) is 9.28. The molecule has 0 radical (unpaired) electrons. The Hall–Kier alpha value is -1.36. The maximum absolute atomic E-state index is 12.4. The molecule has 0 aliphatic carbocycles. The van der Waals surface area contributed by atoms with Gasteiger partial charge in [-0.05, 0) is 33.6 Å². The molecule has 0 spiro atoms. The summed E-state index contributed by atoms with van der Waals surface area (Å²) in [7, 11) is 0. The average Bonchev–Trinajstić information content (AvgIpc) is 2.68. The first-order valence-corrected chi connectivity index (χ1v) is 7.98. The second-order valence-corrected chi connectivity index (χ2v) is 6.87. The summed E-state index contributed by atoms with van der Waals surface area (Å²) in [5.41, 5.74) is 0.0472. The van der Waals surface area contributed by atoms with Crippen molar-refractivity contribution in [3.8, 4) is 0 Å². The van der Waals surface area contributed by atoms with Crippen LogP contribution in [0.2, 0.25) is 0 Å². The Morgan fingerprint density at radius 2 is 1.90 bits per heavy atom. The van der Waals surface area contributed by atoms with E-state index in [1.54, 1.807) is 6.20 Å². The Balaban J connectivity index is 1.93. The van der Waals surface area contributed by atoms with E-state index in [0.29, 0.717) is 13.1 Å². The van der Waals surface area contributed by atoms with Crippen LogP contribution in [0.5, 0.6) is 0 Å². The third-order valence-corrected chi connectivity index (χ3v) is 3.84. The van der Waals surface area contributed by atoms with Gasteiger partial charge < -0.3 is 14.8 Å². The Kier molecular flexibility index (Phi) is 5.39. The molecule has 1 fully saturated rings. The zero-order valence-electron chi connectivity index (χ0n) is 13.6. The molecule has 1 amide bonds. The number of amides is 1. The molecule has 118 valence electrons. The minimum Gasteiger partial charge on any atom is -0.341 e. The van der Waals surface area contributed by atoms with Crippen LogP contribution in [0.1, 0.15) is 52.3 Å². The highest BCUT2D eigenvalue weighted by molar-refractivity contribution is 5.76. The predicted molar refractivity (Wildman–Crippen MR) is 83.9 cm³/mol. The Morgan fingerprint density at radius 1 is 1.24 bits per heavy atom. The van der Waals surface area contributed by atoms with Crippen molar-refractivity contribution < 1.29 is 4.79 Å². The van der Waals surface area contributed by atoms with E-state index < -0.39 is 0 Å². The first kappa shape index (κ1) is 16.0. The minimum atomic E-state index is 0.0472. The van der Waals surface area contributed by atoms with Crippen LogP contribution >= 0.6 is 0 Å². The van der Waals surface area contributed by atoms with Crippen molar-refractivity contribution in [2.45, 2.75) is 65.1 Å². The van der Waals surface area contributed by atoms with Gasteiger partial charge in [-0.2, -0.15) is 0 Å². The first-order chi connectivity index (χ1) is 9.96. The van der Waals surface area contributed by atoms with E-state index in [9.17, 15) is 4.79 Å². The summed E-state index contributed by atoms with van der Waals surface area (Å²) in [5, 5.41) is 3.42. The van der Waals surface area contributed by atoms with Gasteiger partial charge in [-0.1, -0.05) is 12.8 Å². The molecule has 1 aliphatic rings. The lowest BCUT2D eigenvalue weighted by atomic mass is 10.1. The molecule has 21 heavy (non-hydrogen) atoms. The highest BCUT2D eigenvalue weighted by atomic mass is 16.2. The van der Waals surface area contributed by atoms with E-state index in [2.05, 4.69) is 31.1 Å². The van der Waals surface area contributed by atoms with E-state index in [1.807, 2.05) is 15.7 Å². The fourth-order valence-electron chi connectivity index (χ4n) is 2.56. The summed E-state index contributed by atoms with van der Waals surface area (Å²) in [6, 6.07) is 0. The van der Waals surface area contributed by atoms with Crippen molar-refractivity contribution in [2.75, 3.05) is 13.1 Å². The number of aromatic nitrogens is 2. The Labute approximate surface area is 127 Å². The van der Waals surface area contributed by atoms with Gasteiger partial charge in [0, 0.05) is 31.0 Å². The summed E-state index contributed by atoms with van der Waals surface area (Å²) in [4.78, 5) is 18.8. The van der Waals surface area contributed by atoms with Crippen LogP contribution < -0.4 is 5.32 Å². The molecule has 1 saturated heterocycles. The SMILES string of the molecule is CC(C)(C)NCc1nccn1CC(=O)N1CCCCCC1. The van der Waals surface area contributed by atoms with Crippen LogP contribution in [-0.2, 0) is 17.9 Å². The molecule has 0 unspecified atom stereocenters. The number of imidazole rings is 1. The smallest absolute Gasteiger partial charge is 0.242 e. The van der Waals surface area contributed by atoms with Crippen LogP contribution in [0.25, 0.3) is 0 Å². The van der Waals surface area contributed by atoms with Crippen LogP contribution in [0, 0.1) is 0 Å². The standard InChI is InChI=1S/C16H28N4O/c1-16(2,3)18-12-14-17-8-11-20(14)13-15(21)19-9-6-4-5-7-10-19/h8,11,18H,4-7,9-10,12-13H2,1-3H3. The maximum Gasteiger partial charge on any atom is 0.242 e. The minimum absolute atomic E-state index is 0.0472. The summed E-state index contributed by atoms with van der Waals surface area (Å²) >= 11 is 0. The summed E-state index contributed by atoms with van der Waals surface area (Å²) < 4.78 is 1.96. The molecule has 0 aromatic carbocycles. The highest BCUT2D eigenvalue weighted by Crippen LogP contribution is 2.11. The van der Waals surface area contributed by atoms with E-state index in [-0.39, 0.29) is 11.4 Å². The second kappa shape index (κ2) is 7.07. The summed E-state index contributed by atoms with van der Waals surface area (Å²) in [6.07, 6.45) is 8.43. The van der Waals surface area contributed by atoms with Gasteiger partial charge in [0.15, 0.2) is 0 Å². The molecule has 2 heterocycles. The third kappa shape index (κ3) is 5.16. The molecule has 2 rings (SSSR count). The molecule has 1 aliphatic heterocycles. The van der Waals surface area contributed by atoms with Gasteiger partial charge in [0.05, 0.1) is 6.54 Å². The highest BCUT2D eigenvalue weighted by Gasteiger charge is 2.17. The molecule has 5 heteroatoms. The number of hydrogen-bond donors (Lipinski definition) is 1. The number of hydrogen-bond acceptors (Lipinski definition) is 3. The lowest BCUT2D eigenvalue weighted by molar-refractivity contribution is -0.131. The van der Waals surface area contributed by atoms with Crippen molar-refractivity contribution in [3.63, 3.8) is 0 Å². The predicted octanol–water partition coefficient (Wildman–Crippen LogP) is 2.17. The molecule has 0 atom stereocenters. The molecule has 0 saturated carbocycles. The normalized spacial score (nSPS) is 16.8. The van der Waals surface area contributed by atoms with Gasteiger partial charge in [-0.3, -0.25) is 4.79 Å². The number of rotatable bonds is 4. The molecule has 5 nitrogen and oxygen atoms in total. The Morgan fingerprint density at radius 3 is 2.52 bits per heavy atom. The molecule has 0 bridgehead atoms. The zero-order valence-corrected chi connectivity index (χ0v) is 13.6. The monoisotopic (exact) mass is 292 g/mol. The van der Waals surface area contributed by atoms with E-state index >= 15 is 0 Å². The number of nitrogens with zero attached hydrogens (tertiary/aromatic N) is 3. The number of nitrogens with one attached hydrogen (secondary N) is 1. The number of likely N-dealkylation sites (tertiary alicyclic amines) is 1. The zero-order chi connectivity index (χ0) is 15.3. The van der Waals surface area contributed by atoms with Crippen LogP contribution in [0.15, 0.2) is 12.4 Å². The fraction of sp³-hybridized carbons (Fsp3) is 0.750. The van der Waals surface area contributed by atoms with Gasteiger partial charge in [-0.15, -0.1) is 0 Å². The van der Waals surface area contributed by atoms with Crippen molar-refractivity contribution in [1.82, 2.24) is 19.8 Å². The molecule has 1 N–H and O–H groups in total. The van der Waals surface area contributed by atoms with E-state index in [0.717, 1.165) is 31.8 Å². The first-order valence-electron chi connectivity index (χ1n) is 7.98. The van der Waals surface area contributed by atoms with Gasteiger partial charge in [-0.25, -0.2) is 4.98 Å².